The number of rotatable bonds is 33. The second-order valence-corrected chi connectivity index (χ2v) is 25.4. The Bertz CT molecular complexity index is 2780. The molecule has 462 valence electrons. The summed E-state index contributed by atoms with van der Waals surface area (Å²) >= 11 is 13.0. The van der Waals surface area contributed by atoms with Gasteiger partial charge in [-0.15, -0.1) is 0 Å². The summed E-state index contributed by atoms with van der Waals surface area (Å²) in [6.45, 7) is 15.0. The van der Waals surface area contributed by atoms with Gasteiger partial charge in [-0.3, -0.25) is 9.80 Å². The van der Waals surface area contributed by atoms with Crippen LogP contribution in [0.4, 0.5) is 9.59 Å². The monoisotopic (exact) mass is 1240 g/mol. The number of carbonyl (C=O) groups is 2. The molecule has 0 spiro atoms. The van der Waals surface area contributed by atoms with E-state index in [1.807, 2.05) is 24.3 Å². The average molecular weight is 1250 g/mol. The lowest BCUT2D eigenvalue weighted by Gasteiger charge is -2.36. The number of hydrogen-bond acceptors (Lipinski definition) is 16. The van der Waals surface area contributed by atoms with Gasteiger partial charge in [-0.05, 0) is 146 Å². The standard InChI is InChI=1S/C58H82Cl2N10O12S2/c1-41-35-43(59)37-51-49(41)39-53(69-23-15-61-16-24-69)55(51)81-45-5-9-47(10-6-45)83(73,74)67-21-29-79-33-31-77-27-19-65-57(71)63-13-3-4-14-64-58(72)66-20-28-78-32-34-80-30-22-68-84(75,76)48-11-7-46(8-12-48)82-56-52-38-44(60)36-42(2)50(52)40-54(56)70-25-17-62-18-26-70/h5-12,35-38,53-56,61-62,67-68H,3-4,13-34,39-40H2,1-2H3,(H2,63,65,71)(H2,64,66,72)/t53-,54-,55-,56-/m0/s1. The molecule has 4 aliphatic rings. The van der Waals surface area contributed by atoms with Crippen LogP contribution < -0.4 is 50.8 Å². The van der Waals surface area contributed by atoms with E-state index in [9.17, 15) is 26.4 Å². The van der Waals surface area contributed by atoms with Crippen LogP contribution >= 0.6 is 23.2 Å². The highest BCUT2D eigenvalue weighted by molar-refractivity contribution is 7.89. The molecule has 8 rings (SSSR count). The molecule has 26 heteroatoms. The zero-order valence-corrected chi connectivity index (χ0v) is 51.1. The molecule has 4 aromatic carbocycles. The van der Waals surface area contributed by atoms with Gasteiger partial charge in [0, 0.05) is 102 Å². The van der Waals surface area contributed by atoms with Crippen LogP contribution in [0.5, 0.6) is 11.5 Å². The Balaban J connectivity index is 0.576. The highest BCUT2D eigenvalue weighted by atomic mass is 35.5. The van der Waals surface area contributed by atoms with Crippen LogP contribution in [-0.4, -0.2) is 195 Å². The maximum atomic E-state index is 13.0. The Morgan fingerprint density at radius 2 is 0.845 bits per heavy atom. The summed E-state index contributed by atoms with van der Waals surface area (Å²) in [6, 6.07) is 20.5. The lowest BCUT2D eigenvalue weighted by molar-refractivity contribution is 0.0516. The smallest absolute Gasteiger partial charge is 0.314 e. The second kappa shape index (κ2) is 32.7. The summed E-state index contributed by atoms with van der Waals surface area (Å²) in [5.41, 5.74) is 6.96. The van der Waals surface area contributed by atoms with Crippen molar-refractivity contribution in [1.82, 2.24) is 51.1 Å². The van der Waals surface area contributed by atoms with Gasteiger partial charge in [0.2, 0.25) is 20.0 Å². The first-order valence-electron chi connectivity index (χ1n) is 29.0. The number of ether oxygens (including phenoxy) is 6. The van der Waals surface area contributed by atoms with Crippen molar-refractivity contribution in [2.75, 3.05) is 144 Å². The highest BCUT2D eigenvalue weighted by Gasteiger charge is 2.41. The minimum Gasteiger partial charge on any atom is -0.484 e. The van der Waals surface area contributed by atoms with E-state index in [-0.39, 0.29) is 125 Å². The van der Waals surface area contributed by atoms with Crippen molar-refractivity contribution in [2.45, 2.75) is 73.6 Å². The zero-order chi connectivity index (χ0) is 59.3. The molecule has 4 atom stereocenters. The number of nitrogens with one attached hydrogen (secondary N) is 8. The van der Waals surface area contributed by atoms with E-state index in [1.54, 1.807) is 48.5 Å². The minimum absolute atomic E-state index is 0.0778. The highest BCUT2D eigenvalue weighted by Crippen LogP contribution is 2.43. The first-order valence-corrected chi connectivity index (χ1v) is 32.7. The van der Waals surface area contributed by atoms with Gasteiger partial charge in [-0.25, -0.2) is 35.9 Å². The van der Waals surface area contributed by atoms with Crippen LogP contribution in [0.15, 0.2) is 82.6 Å². The molecule has 0 saturated carbocycles. The fraction of sp³-hybridized carbons (Fsp3) is 0.552. The number of hydrogen-bond donors (Lipinski definition) is 8. The van der Waals surface area contributed by atoms with Gasteiger partial charge in [-0.1, -0.05) is 23.2 Å². The Labute approximate surface area is 504 Å². The molecule has 0 bridgehead atoms. The maximum absolute atomic E-state index is 13.0. The molecular weight excluding hydrogens is 1160 g/mol. The number of fused-ring (bicyclic) bond motifs is 2. The normalized spacial score (nSPS) is 19.1. The number of nitrogens with zero attached hydrogens (tertiary/aromatic N) is 2. The Morgan fingerprint density at radius 3 is 1.21 bits per heavy atom. The maximum Gasteiger partial charge on any atom is 0.314 e. The van der Waals surface area contributed by atoms with Crippen molar-refractivity contribution in [1.29, 1.82) is 0 Å². The predicted octanol–water partition coefficient (Wildman–Crippen LogP) is 4.21. The van der Waals surface area contributed by atoms with Crippen molar-refractivity contribution in [3.63, 3.8) is 0 Å². The van der Waals surface area contributed by atoms with E-state index in [4.69, 9.17) is 51.6 Å². The van der Waals surface area contributed by atoms with E-state index in [0.29, 0.717) is 47.5 Å². The molecule has 2 fully saturated rings. The largest absolute Gasteiger partial charge is 0.484 e. The van der Waals surface area contributed by atoms with E-state index >= 15 is 0 Å². The fourth-order valence-corrected chi connectivity index (χ4v) is 13.5. The van der Waals surface area contributed by atoms with E-state index in [0.717, 1.165) is 87.5 Å². The number of carbonyl (C=O) groups excluding carboxylic acids is 2. The molecule has 4 amide bonds. The van der Waals surface area contributed by atoms with Gasteiger partial charge in [0.25, 0.3) is 0 Å². The van der Waals surface area contributed by atoms with Crippen molar-refractivity contribution >= 4 is 55.3 Å². The summed E-state index contributed by atoms with van der Waals surface area (Å²) < 4.78 is 92.5. The average Bonchev–Trinajstić information content (AvgIpc) is 3.65. The number of benzene rings is 4. The van der Waals surface area contributed by atoms with Crippen LogP contribution in [0.2, 0.25) is 10.0 Å². The quantitative estimate of drug-likeness (QED) is 0.0311. The van der Waals surface area contributed by atoms with Crippen LogP contribution in [0, 0.1) is 13.8 Å². The minimum atomic E-state index is -3.78. The van der Waals surface area contributed by atoms with Gasteiger partial charge in [0.05, 0.1) is 74.7 Å². The van der Waals surface area contributed by atoms with Crippen molar-refractivity contribution < 1.29 is 54.8 Å². The lowest BCUT2D eigenvalue weighted by Crippen LogP contribution is -2.50. The van der Waals surface area contributed by atoms with E-state index < -0.39 is 20.0 Å². The fourth-order valence-electron chi connectivity index (χ4n) is 10.9. The summed E-state index contributed by atoms with van der Waals surface area (Å²) in [7, 11) is -7.56. The van der Waals surface area contributed by atoms with Crippen molar-refractivity contribution in [3.05, 3.63) is 116 Å². The number of sulfonamides is 2. The first-order chi connectivity index (χ1) is 40.6. The third-order valence-electron chi connectivity index (χ3n) is 15.2. The third kappa shape index (κ3) is 19.3. The number of piperazine rings is 2. The molecule has 0 radical (unpaired) electrons. The van der Waals surface area contributed by atoms with Gasteiger partial charge in [0.15, 0.2) is 0 Å². The second-order valence-electron chi connectivity index (χ2n) is 21.0. The molecule has 22 nitrogen and oxygen atoms in total. The van der Waals surface area contributed by atoms with Gasteiger partial charge in [0.1, 0.15) is 23.7 Å². The van der Waals surface area contributed by atoms with Crippen LogP contribution in [0.25, 0.3) is 0 Å². The molecule has 2 heterocycles. The topological polar surface area (TPSA) is 261 Å². The van der Waals surface area contributed by atoms with E-state index in [2.05, 4.69) is 65.0 Å². The summed E-state index contributed by atoms with van der Waals surface area (Å²) in [5.74, 6) is 1.16. The molecule has 0 aromatic heterocycles. The van der Waals surface area contributed by atoms with Crippen LogP contribution in [0.1, 0.15) is 58.4 Å². The van der Waals surface area contributed by atoms with E-state index in [1.165, 1.54) is 11.1 Å². The molecule has 4 aromatic rings. The SMILES string of the molecule is Cc1cc(Cl)cc2c1C[C@H](N1CCNCC1)[C@H]2Oc1ccc(S(=O)(=O)NCCOCCOCCNC(=O)NCCCCNC(=O)NCCOCCOCCNS(=O)(=O)c2ccc(O[C@H]3c4cc(Cl)cc(C)c4C[C@@H]3N3CCNCC3)cc2)cc1. The van der Waals surface area contributed by atoms with Gasteiger partial charge >= 0.3 is 12.1 Å². The third-order valence-corrected chi connectivity index (χ3v) is 18.6. The number of unbranched alkanes of at least 4 members (excludes halogenated alkanes) is 1. The van der Waals surface area contributed by atoms with Crippen LogP contribution in [-0.2, 0) is 51.8 Å². The Morgan fingerprint density at radius 1 is 0.500 bits per heavy atom. The molecule has 84 heavy (non-hydrogen) atoms. The summed E-state index contributed by atoms with van der Waals surface area (Å²) in [4.78, 5) is 29.5. The molecule has 2 saturated heterocycles. The number of urea groups is 2. The number of amides is 4. The summed E-state index contributed by atoms with van der Waals surface area (Å²) in [5, 5.41) is 19.2. The molecular formula is C58H82Cl2N10O12S2. The molecule has 2 aliphatic heterocycles. The van der Waals surface area contributed by atoms with Gasteiger partial charge in [-0.2, -0.15) is 0 Å². The molecule has 2 aliphatic carbocycles. The summed E-state index contributed by atoms with van der Waals surface area (Å²) in [6.07, 6.45) is 2.57. The Hall–Kier alpha value is -4.90. The van der Waals surface area contributed by atoms with Gasteiger partial charge < -0.3 is 60.3 Å². The lowest BCUT2D eigenvalue weighted by atomic mass is 10.0. The molecule has 0 unspecified atom stereocenters. The molecule has 8 N–H and O–H groups in total. The number of halogens is 2. The Kier molecular flexibility index (Phi) is 25.4. The van der Waals surface area contributed by atoms with Crippen molar-refractivity contribution in [3.8, 4) is 11.5 Å². The zero-order valence-electron chi connectivity index (χ0n) is 48.0. The first kappa shape index (κ1) is 65.1. The van der Waals surface area contributed by atoms with Crippen LogP contribution in [0.3, 0.4) is 0 Å². The number of aryl methyl sites for hydroxylation is 2. The van der Waals surface area contributed by atoms with Crippen molar-refractivity contribution in [2.24, 2.45) is 0 Å². The predicted molar refractivity (Wildman–Crippen MR) is 322 cm³/mol.